The Morgan fingerprint density at radius 2 is 2.12 bits per heavy atom. The third-order valence-corrected chi connectivity index (χ3v) is 3.03. The smallest absolute Gasteiger partial charge is 0.309 e. The molecule has 2 N–H and O–H groups in total. The summed E-state index contributed by atoms with van der Waals surface area (Å²) in [5.41, 5.74) is 0.655. The highest BCUT2D eigenvalue weighted by atomic mass is 35.5. The molecule has 0 radical (unpaired) electrons. The van der Waals surface area contributed by atoms with Crippen molar-refractivity contribution in [3.8, 4) is 0 Å². The lowest BCUT2D eigenvalue weighted by Crippen LogP contribution is -2.24. The normalized spacial score (nSPS) is 24.2. The van der Waals surface area contributed by atoms with Crippen molar-refractivity contribution in [2.45, 2.75) is 12.5 Å². The minimum absolute atomic E-state index is 0.00518. The summed E-state index contributed by atoms with van der Waals surface area (Å²) < 4.78 is 0. The van der Waals surface area contributed by atoms with Gasteiger partial charge < -0.3 is 10.4 Å². The summed E-state index contributed by atoms with van der Waals surface area (Å²) >= 11 is 5.98. The maximum absolute atomic E-state index is 11.2. The van der Waals surface area contributed by atoms with E-state index in [1.54, 1.807) is 24.3 Å². The largest absolute Gasteiger partial charge is 0.481 e. The van der Waals surface area contributed by atoms with Gasteiger partial charge >= 0.3 is 5.97 Å². The zero-order chi connectivity index (χ0) is 11.7. The van der Waals surface area contributed by atoms with Crippen LogP contribution in [0.2, 0.25) is 5.02 Å². The minimum atomic E-state index is -0.983. The summed E-state index contributed by atoms with van der Waals surface area (Å²) in [6, 6.07) is 6.41. The minimum Gasteiger partial charge on any atom is -0.481 e. The van der Waals surface area contributed by atoms with Gasteiger partial charge in [0, 0.05) is 11.4 Å². The Labute approximate surface area is 97.2 Å². The molecule has 1 heterocycles. The number of nitrogens with one attached hydrogen (secondary N) is 1. The number of carboxylic acids is 1. The van der Waals surface area contributed by atoms with E-state index < -0.39 is 17.9 Å². The van der Waals surface area contributed by atoms with Crippen LogP contribution in [0.5, 0.6) is 0 Å². The number of carboxylic acid groups (broad SMARTS) is 1. The van der Waals surface area contributed by atoms with Crippen LogP contribution in [0, 0.1) is 5.92 Å². The Morgan fingerprint density at radius 1 is 1.44 bits per heavy atom. The molecule has 16 heavy (non-hydrogen) atoms. The molecule has 1 fully saturated rings. The molecule has 1 aromatic carbocycles. The predicted molar refractivity (Wildman–Crippen MR) is 58.1 cm³/mol. The third kappa shape index (κ3) is 1.88. The molecule has 84 valence electrons. The van der Waals surface area contributed by atoms with E-state index in [9.17, 15) is 9.59 Å². The highest BCUT2D eigenvalue weighted by Crippen LogP contribution is 2.34. The first-order chi connectivity index (χ1) is 7.59. The van der Waals surface area contributed by atoms with Crippen LogP contribution in [0.3, 0.4) is 0 Å². The standard InChI is InChI=1S/C11H10ClNO3/c12-8-4-2-1-3-6(8)10-7(11(15)16)5-9(14)13-10/h1-4,7,10H,5H2,(H,13,14)(H,15,16)/t7-,10+/m0/s1. The molecule has 0 aliphatic carbocycles. The van der Waals surface area contributed by atoms with Crippen molar-refractivity contribution in [1.82, 2.24) is 5.32 Å². The Kier molecular flexibility index (Phi) is 2.83. The van der Waals surface area contributed by atoms with Gasteiger partial charge in [-0.1, -0.05) is 29.8 Å². The van der Waals surface area contributed by atoms with Crippen LogP contribution in [-0.2, 0) is 9.59 Å². The summed E-state index contributed by atoms with van der Waals surface area (Å²) in [6.07, 6.45) is 0.00518. The molecule has 0 unspecified atom stereocenters. The zero-order valence-corrected chi connectivity index (χ0v) is 9.07. The van der Waals surface area contributed by atoms with Gasteiger partial charge in [-0.25, -0.2) is 0 Å². The maximum Gasteiger partial charge on any atom is 0.309 e. The molecule has 1 saturated heterocycles. The number of amides is 1. The van der Waals surface area contributed by atoms with Gasteiger partial charge in [-0.15, -0.1) is 0 Å². The number of rotatable bonds is 2. The van der Waals surface area contributed by atoms with Crippen molar-refractivity contribution in [3.05, 3.63) is 34.9 Å². The number of benzene rings is 1. The van der Waals surface area contributed by atoms with Gasteiger partial charge in [0.15, 0.2) is 0 Å². The van der Waals surface area contributed by atoms with Crippen molar-refractivity contribution >= 4 is 23.5 Å². The van der Waals surface area contributed by atoms with Gasteiger partial charge in [0.25, 0.3) is 0 Å². The molecule has 5 heteroatoms. The van der Waals surface area contributed by atoms with Gasteiger partial charge in [-0.05, 0) is 11.6 Å². The van der Waals surface area contributed by atoms with E-state index in [4.69, 9.17) is 16.7 Å². The molecule has 1 amide bonds. The van der Waals surface area contributed by atoms with Crippen molar-refractivity contribution in [3.63, 3.8) is 0 Å². The first kappa shape index (κ1) is 11.0. The van der Waals surface area contributed by atoms with Gasteiger partial charge in [0.05, 0.1) is 12.0 Å². The number of halogens is 1. The summed E-state index contributed by atoms with van der Waals surface area (Å²) in [5.74, 6) is -1.98. The summed E-state index contributed by atoms with van der Waals surface area (Å²) in [7, 11) is 0. The maximum atomic E-state index is 11.2. The number of hydrogen-bond acceptors (Lipinski definition) is 2. The average Bonchev–Trinajstić information content (AvgIpc) is 2.61. The first-order valence-corrected chi connectivity index (χ1v) is 5.24. The zero-order valence-electron chi connectivity index (χ0n) is 8.31. The second-order valence-electron chi connectivity index (χ2n) is 3.72. The molecule has 1 aliphatic heterocycles. The van der Waals surface area contributed by atoms with E-state index >= 15 is 0 Å². The summed E-state index contributed by atoms with van der Waals surface area (Å²) in [6.45, 7) is 0. The lowest BCUT2D eigenvalue weighted by Gasteiger charge is -2.16. The van der Waals surface area contributed by atoms with E-state index in [1.807, 2.05) is 0 Å². The lowest BCUT2D eigenvalue weighted by molar-refractivity contribution is -0.142. The molecule has 0 spiro atoms. The van der Waals surface area contributed by atoms with E-state index in [0.29, 0.717) is 10.6 Å². The summed E-state index contributed by atoms with van der Waals surface area (Å²) in [5, 5.41) is 12.1. The van der Waals surface area contributed by atoms with Crippen LogP contribution in [0.4, 0.5) is 0 Å². The molecule has 2 rings (SSSR count). The van der Waals surface area contributed by atoms with E-state index in [0.717, 1.165) is 0 Å². The van der Waals surface area contributed by atoms with E-state index in [-0.39, 0.29) is 12.3 Å². The van der Waals surface area contributed by atoms with Crippen LogP contribution in [0.25, 0.3) is 0 Å². The molecule has 0 aromatic heterocycles. The Bertz CT molecular complexity index is 447. The molecule has 1 aliphatic rings. The fraction of sp³-hybridized carbons (Fsp3) is 0.273. The monoisotopic (exact) mass is 239 g/mol. The second-order valence-corrected chi connectivity index (χ2v) is 4.12. The molecular formula is C11H10ClNO3. The van der Waals surface area contributed by atoms with Crippen molar-refractivity contribution in [2.24, 2.45) is 5.92 Å². The van der Waals surface area contributed by atoms with Crippen LogP contribution in [-0.4, -0.2) is 17.0 Å². The fourth-order valence-corrected chi connectivity index (χ4v) is 2.16. The number of carbonyl (C=O) groups is 2. The Morgan fingerprint density at radius 3 is 2.75 bits per heavy atom. The van der Waals surface area contributed by atoms with Crippen LogP contribution in [0.15, 0.2) is 24.3 Å². The topological polar surface area (TPSA) is 66.4 Å². The number of carbonyl (C=O) groups excluding carboxylic acids is 1. The average molecular weight is 240 g/mol. The second kappa shape index (κ2) is 4.14. The predicted octanol–water partition coefficient (Wildman–Crippen LogP) is 1.60. The van der Waals surface area contributed by atoms with Crippen molar-refractivity contribution in [1.29, 1.82) is 0 Å². The SMILES string of the molecule is O=C1C[C@H](C(=O)O)[C@@H](c2ccccc2Cl)N1. The highest BCUT2D eigenvalue weighted by Gasteiger charge is 2.39. The Hall–Kier alpha value is -1.55. The first-order valence-electron chi connectivity index (χ1n) is 4.86. The highest BCUT2D eigenvalue weighted by molar-refractivity contribution is 6.31. The fourth-order valence-electron chi connectivity index (χ4n) is 1.90. The molecule has 0 saturated carbocycles. The quantitative estimate of drug-likeness (QED) is 0.824. The Balaban J connectivity index is 2.36. The number of aliphatic carboxylic acids is 1. The van der Waals surface area contributed by atoms with Crippen molar-refractivity contribution < 1.29 is 14.7 Å². The third-order valence-electron chi connectivity index (χ3n) is 2.68. The number of hydrogen-bond donors (Lipinski definition) is 2. The van der Waals surface area contributed by atoms with Gasteiger partial charge in [-0.3, -0.25) is 9.59 Å². The lowest BCUT2D eigenvalue weighted by atomic mass is 9.94. The van der Waals surface area contributed by atoms with E-state index in [1.165, 1.54) is 0 Å². The van der Waals surface area contributed by atoms with Gasteiger partial charge in [-0.2, -0.15) is 0 Å². The molecular weight excluding hydrogens is 230 g/mol. The molecule has 1 aromatic rings. The molecule has 4 nitrogen and oxygen atoms in total. The van der Waals surface area contributed by atoms with Crippen molar-refractivity contribution in [2.75, 3.05) is 0 Å². The van der Waals surface area contributed by atoms with Crippen LogP contribution < -0.4 is 5.32 Å². The van der Waals surface area contributed by atoms with Gasteiger partial charge in [0.1, 0.15) is 0 Å². The van der Waals surface area contributed by atoms with Crippen LogP contribution in [0.1, 0.15) is 18.0 Å². The molecule has 2 atom stereocenters. The molecule has 0 bridgehead atoms. The van der Waals surface area contributed by atoms with Crippen LogP contribution >= 0.6 is 11.6 Å². The van der Waals surface area contributed by atoms with Gasteiger partial charge in [0.2, 0.25) is 5.91 Å². The summed E-state index contributed by atoms with van der Waals surface area (Å²) in [4.78, 5) is 22.2. The van der Waals surface area contributed by atoms with E-state index in [2.05, 4.69) is 5.32 Å².